The fourth-order valence-electron chi connectivity index (χ4n) is 4.04. The maximum absolute atomic E-state index is 13.2. The molecule has 0 bridgehead atoms. The maximum atomic E-state index is 13.2. The van der Waals surface area contributed by atoms with Gasteiger partial charge in [0, 0.05) is 56.2 Å². The van der Waals surface area contributed by atoms with E-state index < -0.39 is 9.84 Å². The molecule has 0 atom stereocenters. The molecule has 0 N–H and O–H groups in total. The fourth-order valence-corrected chi connectivity index (χ4v) is 4.80. The third-order valence-corrected chi connectivity index (χ3v) is 7.33. The number of carbonyl (C=O) groups is 1. The topological polar surface area (TPSA) is 66.9 Å². The predicted octanol–water partition coefficient (Wildman–Crippen LogP) is 3.54. The van der Waals surface area contributed by atoms with Crippen molar-refractivity contribution in [3.63, 3.8) is 0 Å². The van der Waals surface area contributed by atoms with Crippen LogP contribution in [0.2, 0.25) is 5.02 Å². The van der Waals surface area contributed by atoms with Crippen molar-refractivity contribution in [2.45, 2.75) is 30.2 Å². The molecule has 1 saturated heterocycles. The van der Waals surface area contributed by atoms with E-state index in [9.17, 15) is 13.2 Å². The van der Waals surface area contributed by atoms with Gasteiger partial charge in [-0.1, -0.05) is 23.7 Å². The van der Waals surface area contributed by atoms with Crippen LogP contribution in [0.25, 0.3) is 0 Å². The Morgan fingerprint density at radius 1 is 1.09 bits per heavy atom. The number of hydrogen-bond donors (Lipinski definition) is 0. The lowest BCUT2D eigenvalue weighted by molar-refractivity contribution is 0.0486. The molecule has 6 nitrogen and oxygen atoms in total. The molecule has 0 saturated carbocycles. The van der Waals surface area contributed by atoms with Gasteiger partial charge >= 0.3 is 0 Å². The van der Waals surface area contributed by atoms with E-state index in [0.29, 0.717) is 18.7 Å². The largest absolute Gasteiger partial charge is 0.383 e. The zero-order chi connectivity index (χ0) is 23.1. The van der Waals surface area contributed by atoms with Crippen LogP contribution in [-0.2, 0) is 21.0 Å². The molecule has 1 fully saturated rings. The van der Waals surface area contributed by atoms with Crippen molar-refractivity contribution in [1.82, 2.24) is 9.80 Å². The standard InChI is InChI=1S/C24H31ClN2O4S/c1-31-18-17-27(24(28)20-5-9-23(10-6-20)32(2,29)30)22-12-15-26(16-13-22)14-11-19-3-7-21(25)8-4-19/h3-10,22H,11-18H2,1-2H3. The second kappa shape index (κ2) is 11.3. The number of likely N-dealkylation sites (tertiary alicyclic amines) is 1. The van der Waals surface area contributed by atoms with Gasteiger partial charge in [0.05, 0.1) is 11.5 Å². The number of methoxy groups -OCH3 is 1. The van der Waals surface area contributed by atoms with E-state index in [4.69, 9.17) is 16.3 Å². The number of sulfone groups is 1. The highest BCUT2D eigenvalue weighted by Gasteiger charge is 2.28. The highest BCUT2D eigenvalue weighted by Crippen LogP contribution is 2.21. The average Bonchev–Trinajstić information content (AvgIpc) is 2.79. The van der Waals surface area contributed by atoms with Gasteiger partial charge in [0.15, 0.2) is 9.84 Å². The molecule has 0 spiro atoms. The minimum atomic E-state index is -3.29. The summed E-state index contributed by atoms with van der Waals surface area (Å²) in [5.74, 6) is -0.0817. The van der Waals surface area contributed by atoms with E-state index in [1.165, 1.54) is 17.7 Å². The minimum absolute atomic E-state index is 0.0817. The molecule has 174 valence electrons. The van der Waals surface area contributed by atoms with Crippen LogP contribution in [0.4, 0.5) is 0 Å². The number of carbonyl (C=O) groups excluding carboxylic acids is 1. The first-order valence-electron chi connectivity index (χ1n) is 10.8. The van der Waals surface area contributed by atoms with Gasteiger partial charge in [-0.25, -0.2) is 8.42 Å². The Balaban J connectivity index is 1.60. The molecular weight excluding hydrogens is 448 g/mol. The Morgan fingerprint density at radius 2 is 1.72 bits per heavy atom. The Bertz CT molecular complexity index is 986. The number of halogens is 1. The first-order chi connectivity index (χ1) is 15.3. The monoisotopic (exact) mass is 478 g/mol. The van der Waals surface area contributed by atoms with Crippen molar-refractivity contribution in [2.75, 3.05) is 46.2 Å². The second-order valence-electron chi connectivity index (χ2n) is 8.24. The van der Waals surface area contributed by atoms with E-state index in [0.717, 1.165) is 50.2 Å². The molecule has 0 aromatic heterocycles. The van der Waals surface area contributed by atoms with Gasteiger partial charge in [0.25, 0.3) is 5.91 Å². The van der Waals surface area contributed by atoms with Gasteiger partial charge in [-0.15, -0.1) is 0 Å². The summed E-state index contributed by atoms with van der Waals surface area (Å²) in [6, 6.07) is 14.3. The quantitative estimate of drug-likeness (QED) is 0.551. The normalized spacial score (nSPS) is 15.6. The molecule has 32 heavy (non-hydrogen) atoms. The van der Waals surface area contributed by atoms with Gasteiger partial charge in [-0.05, 0) is 61.2 Å². The molecule has 1 aliphatic heterocycles. The summed E-state index contributed by atoms with van der Waals surface area (Å²) < 4.78 is 28.6. The first kappa shape index (κ1) is 24.7. The van der Waals surface area contributed by atoms with E-state index in [-0.39, 0.29) is 16.8 Å². The van der Waals surface area contributed by atoms with Crippen molar-refractivity contribution in [2.24, 2.45) is 0 Å². The SMILES string of the molecule is COCCN(C(=O)c1ccc(S(C)(=O)=O)cc1)C1CCN(CCc2ccc(Cl)cc2)CC1. The Hall–Kier alpha value is -1.93. The number of benzene rings is 2. The van der Waals surface area contributed by atoms with E-state index in [2.05, 4.69) is 17.0 Å². The molecule has 1 amide bonds. The molecule has 8 heteroatoms. The van der Waals surface area contributed by atoms with E-state index in [1.807, 2.05) is 17.0 Å². The van der Waals surface area contributed by atoms with Gasteiger partial charge in [-0.2, -0.15) is 0 Å². The Morgan fingerprint density at radius 3 is 2.28 bits per heavy atom. The number of hydrogen-bond acceptors (Lipinski definition) is 5. The summed E-state index contributed by atoms with van der Waals surface area (Å²) in [5.41, 5.74) is 1.77. The Labute approximate surface area is 196 Å². The van der Waals surface area contributed by atoms with E-state index >= 15 is 0 Å². The molecule has 0 aliphatic carbocycles. The van der Waals surface area contributed by atoms with Crippen LogP contribution >= 0.6 is 11.6 Å². The average molecular weight is 479 g/mol. The number of piperidine rings is 1. The minimum Gasteiger partial charge on any atom is -0.383 e. The number of ether oxygens (including phenoxy) is 1. The van der Waals surface area contributed by atoms with Crippen LogP contribution in [0.15, 0.2) is 53.4 Å². The second-order valence-corrected chi connectivity index (χ2v) is 10.7. The van der Waals surface area contributed by atoms with Crippen molar-refractivity contribution in [1.29, 1.82) is 0 Å². The highest BCUT2D eigenvalue weighted by molar-refractivity contribution is 7.90. The molecule has 0 unspecified atom stereocenters. The summed E-state index contributed by atoms with van der Waals surface area (Å²) in [6.07, 6.45) is 3.94. The van der Waals surface area contributed by atoms with Gasteiger partial charge < -0.3 is 14.5 Å². The zero-order valence-electron chi connectivity index (χ0n) is 18.7. The van der Waals surface area contributed by atoms with E-state index in [1.54, 1.807) is 19.2 Å². The predicted molar refractivity (Wildman–Crippen MR) is 127 cm³/mol. The molecule has 1 aliphatic rings. The fraction of sp³-hybridized carbons (Fsp3) is 0.458. The number of nitrogens with zero attached hydrogens (tertiary/aromatic N) is 2. The van der Waals surface area contributed by atoms with Gasteiger partial charge in [-0.3, -0.25) is 4.79 Å². The lowest BCUT2D eigenvalue weighted by Crippen LogP contribution is -2.48. The lowest BCUT2D eigenvalue weighted by atomic mass is 10.0. The van der Waals surface area contributed by atoms with Crippen molar-refractivity contribution < 1.29 is 17.9 Å². The third-order valence-electron chi connectivity index (χ3n) is 5.95. The zero-order valence-corrected chi connectivity index (χ0v) is 20.2. The van der Waals surface area contributed by atoms with Crippen LogP contribution in [-0.4, -0.2) is 76.3 Å². The van der Waals surface area contributed by atoms with Gasteiger partial charge in [0.1, 0.15) is 0 Å². The first-order valence-corrected chi connectivity index (χ1v) is 13.1. The van der Waals surface area contributed by atoms with Crippen LogP contribution in [0, 0.1) is 0 Å². The molecule has 0 radical (unpaired) electrons. The lowest BCUT2D eigenvalue weighted by Gasteiger charge is -2.38. The molecule has 2 aromatic carbocycles. The highest BCUT2D eigenvalue weighted by atomic mass is 35.5. The van der Waals surface area contributed by atoms with Crippen LogP contribution in [0.3, 0.4) is 0 Å². The Kier molecular flexibility index (Phi) is 8.71. The van der Waals surface area contributed by atoms with Crippen molar-refractivity contribution in [3.05, 3.63) is 64.7 Å². The smallest absolute Gasteiger partial charge is 0.254 e. The van der Waals surface area contributed by atoms with Crippen LogP contribution < -0.4 is 0 Å². The van der Waals surface area contributed by atoms with Crippen LogP contribution in [0.5, 0.6) is 0 Å². The number of amides is 1. The van der Waals surface area contributed by atoms with Crippen molar-refractivity contribution >= 4 is 27.3 Å². The molecular formula is C24H31ClN2O4S. The number of rotatable bonds is 9. The molecule has 2 aromatic rings. The molecule has 3 rings (SSSR count). The summed E-state index contributed by atoms with van der Waals surface area (Å²) >= 11 is 5.96. The molecule has 1 heterocycles. The van der Waals surface area contributed by atoms with Crippen molar-refractivity contribution in [3.8, 4) is 0 Å². The van der Waals surface area contributed by atoms with Crippen LogP contribution in [0.1, 0.15) is 28.8 Å². The maximum Gasteiger partial charge on any atom is 0.254 e. The summed E-state index contributed by atoms with van der Waals surface area (Å²) in [6.45, 7) is 3.82. The van der Waals surface area contributed by atoms with Gasteiger partial charge in [0.2, 0.25) is 0 Å². The third kappa shape index (κ3) is 6.78. The summed E-state index contributed by atoms with van der Waals surface area (Å²) in [7, 11) is -1.66. The summed E-state index contributed by atoms with van der Waals surface area (Å²) in [4.78, 5) is 17.8. The summed E-state index contributed by atoms with van der Waals surface area (Å²) in [5, 5.41) is 0.751.